The number of nitrogens with zero attached hydrogens (tertiary/aromatic N) is 2. The Morgan fingerprint density at radius 3 is 2.81 bits per heavy atom. The summed E-state index contributed by atoms with van der Waals surface area (Å²) >= 11 is 5.81. The highest BCUT2D eigenvalue weighted by molar-refractivity contribution is 9.10. The number of hydrogen-bond donors (Lipinski definition) is 2. The zero-order valence-corrected chi connectivity index (χ0v) is 16.5. The number of rotatable bonds is 7. The number of halogens is 1. The van der Waals surface area contributed by atoms with E-state index in [4.69, 9.17) is 4.42 Å². The first-order valence-electron chi connectivity index (χ1n) is 7.43. The summed E-state index contributed by atoms with van der Waals surface area (Å²) in [6, 6.07) is 10.7. The van der Waals surface area contributed by atoms with Crippen LogP contribution in [0.4, 0.5) is 5.13 Å². The van der Waals surface area contributed by atoms with Crippen molar-refractivity contribution in [1.82, 2.24) is 15.5 Å². The maximum Gasteiger partial charge on any atom is 0.258 e. The van der Waals surface area contributed by atoms with E-state index in [0.29, 0.717) is 31.8 Å². The van der Waals surface area contributed by atoms with E-state index >= 15 is 0 Å². The van der Waals surface area contributed by atoms with Gasteiger partial charge in [0, 0.05) is 4.47 Å². The summed E-state index contributed by atoms with van der Waals surface area (Å²) in [7, 11) is 0. The summed E-state index contributed by atoms with van der Waals surface area (Å²) in [4.78, 5) is 24.1. The van der Waals surface area contributed by atoms with E-state index in [2.05, 4.69) is 36.8 Å². The van der Waals surface area contributed by atoms with Gasteiger partial charge >= 0.3 is 0 Å². The van der Waals surface area contributed by atoms with Crippen LogP contribution in [0.25, 0.3) is 0 Å². The summed E-state index contributed by atoms with van der Waals surface area (Å²) < 4.78 is 6.44. The molecular formula is C16H13BrN4O3S2. The van der Waals surface area contributed by atoms with Crippen LogP contribution in [0.3, 0.4) is 0 Å². The van der Waals surface area contributed by atoms with Crippen LogP contribution in [-0.2, 0) is 11.3 Å². The Labute approximate surface area is 165 Å². The Morgan fingerprint density at radius 1 is 1.19 bits per heavy atom. The predicted octanol–water partition coefficient (Wildman–Crippen LogP) is 3.55. The minimum atomic E-state index is -0.277. The summed E-state index contributed by atoms with van der Waals surface area (Å²) in [5.41, 5.74) is 0.509. The van der Waals surface area contributed by atoms with Crippen LogP contribution in [0.1, 0.15) is 16.1 Å². The molecular weight excluding hydrogens is 440 g/mol. The lowest BCUT2D eigenvalue weighted by Gasteiger charge is -2.03. The van der Waals surface area contributed by atoms with E-state index in [1.165, 1.54) is 23.1 Å². The number of carbonyl (C=O) groups excluding carboxylic acids is 2. The lowest BCUT2D eigenvalue weighted by molar-refractivity contribution is -0.118. The zero-order chi connectivity index (χ0) is 18.4. The number of amides is 2. The maximum atomic E-state index is 12.2. The third-order valence-corrected chi connectivity index (χ3v) is 5.78. The Bertz CT molecular complexity index is 899. The molecule has 2 amide bonds. The molecule has 0 saturated heterocycles. The maximum absolute atomic E-state index is 12.2. The largest absolute Gasteiger partial charge is 0.467 e. The van der Waals surface area contributed by atoms with E-state index < -0.39 is 0 Å². The Balaban J connectivity index is 1.48. The second kappa shape index (κ2) is 8.97. The van der Waals surface area contributed by atoms with Crippen LogP contribution < -0.4 is 10.6 Å². The molecule has 10 heteroatoms. The standard InChI is InChI=1S/C16H13BrN4O3S2/c17-12-6-2-1-5-11(12)14(23)19-15-20-21-16(26-15)25-9-13(22)18-8-10-4-3-7-24-10/h1-7H,8-9H2,(H,18,22)(H,19,20,23). The summed E-state index contributed by atoms with van der Waals surface area (Å²) in [5, 5.41) is 13.7. The van der Waals surface area contributed by atoms with Crippen molar-refractivity contribution in [2.45, 2.75) is 10.9 Å². The summed E-state index contributed by atoms with van der Waals surface area (Å²) in [5.74, 6) is 0.478. The number of aromatic nitrogens is 2. The van der Waals surface area contributed by atoms with Crippen molar-refractivity contribution in [1.29, 1.82) is 0 Å². The van der Waals surface area contributed by atoms with Gasteiger partial charge in [0.25, 0.3) is 5.91 Å². The number of hydrogen-bond acceptors (Lipinski definition) is 7. The molecule has 0 radical (unpaired) electrons. The van der Waals surface area contributed by atoms with E-state index in [0.717, 1.165) is 0 Å². The molecule has 0 unspecified atom stereocenters. The number of nitrogens with one attached hydrogen (secondary N) is 2. The van der Waals surface area contributed by atoms with Gasteiger partial charge in [-0.3, -0.25) is 14.9 Å². The number of furan rings is 1. The second-order valence-corrected chi connectivity index (χ2v) is 8.01. The molecule has 3 aromatic rings. The van der Waals surface area contributed by atoms with Gasteiger partial charge in [0.1, 0.15) is 5.76 Å². The molecule has 0 saturated carbocycles. The van der Waals surface area contributed by atoms with Gasteiger partial charge in [-0.25, -0.2) is 0 Å². The van der Waals surface area contributed by atoms with Gasteiger partial charge in [-0.2, -0.15) is 0 Å². The van der Waals surface area contributed by atoms with Crippen molar-refractivity contribution in [2.75, 3.05) is 11.1 Å². The summed E-state index contributed by atoms with van der Waals surface area (Å²) in [6.07, 6.45) is 1.56. The fourth-order valence-electron chi connectivity index (χ4n) is 1.91. The van der Waals surface area contributed by atoms with Crippen LogP contribution >= 0.6 is 39.0 Å². The zero-order valence-electron chi connectivity index (χ0n) is 13.3. The highest BCUT2D eigenvalue weighted by Crippen LogP contribution is 2.26. The number of anilines is 1. The normalized spacial score (nSPS) is 10.5. The average molecular weight is 453 g/mol. The highest BCUT2D eigenvalue weighted by Gasteiger charge is 2.13. The van der Waals surface area contributed by atoms with Gasteiger partial charge in [0.15, 0.2) is 4.34 Å². The first-order chi connectivity index (χ1) is 12.6. The first kappa shape index (κ1) is 18.6. The van der Waals surface area contributed by atoms with Crippen molar-refractivity contribution >= 4 is 56.0 Å². The lowest BCUT2D eigenvalue weighted by atomic mass is 10.2. The molecule has 2 N–H and O–H groups in total. The van der Waals surface area contributed by atoms with Crippen LogP contribution in [0.15, 0.2) is 55.9 Å². The average Bonchev–Trinajstić information content (AvgIpc) is 3.30. The summed E-state index contributed by atoms with van der Waals surface area (Å²) in [6.45, 7) is 0.343. The molecule has 0 aliphatic carbocycles. The van der Waals surface area contributed by atoms with Crippen molar-refractivity contribution in [2.24, 2.45) is 0 Å². The molecule has 2 aromatic heterocycles. The molecule has 26 heavy (non-hydrogen) atoms. The minimum absolute atomic E-state index is 0.139. The van der Waals surface area contributed by atoms with Gasteiger partial charge in [0.2, 0.25) is 11.0 Å². The fourth-order valence-corrected chi connectivity index (χ4v) is 3.95. The fraction of sp³-hybridized carbons (Fsp3) is 0.125. The molecule has 0 bridgehead atoms. The SMILES string of the molecule is O=C(CSc1nnc(NC(=O)c2ccccc2Br)s1)NCc1ccco1. The number of thioether (sulfide) groups is 1. The van der Waals surface area contributed by atoms with Crippen molar-refractivity contribution < 1.29 is 14.0 Å². The molecule has 0 fully saturated rings. The van der Waals surface area contributed by atoms with E-state index in [9.17, 15) is 9.59 Å². The van der Waals surface area contributed by atoms with Crippen molar-refractivity contribution in [3.63, 3.8) is 0 Å². The molecule has 0 atom stereocenters. The van der Waals surface area contributed by atoms with Crippen molar-refractivity contribution in [3.8, 4) is 0 Å². The number of benzene rings is 1. The van der Waals surface area contributed by atoms with Crippen LogP contribution in [-0.4, -0.2) is 27.8 Å². The van der Waals surface area contributed by atoms with Gasteiger partial charge < -0.3 is 9.73 Å². The molecule has 7 nitrogen and oxygen atoms in total. The second-order valence-electron chi connectivity index (χ2n) is 4.95. The highest BCUT2D eigenvalue weighted by atomic mass is 79.9. The van der Waals surface area contributed by atoms with E-state index in [1.807, 2.05) is 6.07 Å². The minimum Gasteiger partial charge on any atom is -0.467 e. The monoisotopic (exact) mass is 452 g/mol. The van der Waals surface area contributed by atoms with Crippen LogP contribution in [0.2, 0.25) is 0 Å². The van der Waals surface area contributed by atoms with E-state index in [-0.39, 0.29) is 17.6 Å². The van der Waals surface area contributed by atoms with Crippen molar-refractivity contribution in [3.05, 3.63) is 58.5 Å². The third kappa shape index (κ3) is 5.16. The van der Waals surface area contributed by atoms with Gasteiger partial charge in [0.05, 0.1) is 24.1 Å². The smallest absolute Gasteiger partial charge is 0.258 e. The lowest BCUT2D eigenvalue weighted by Crippen LogP contribution is -2.24. The molecule has 0 spiro atoms. The Kier molecular flexibility index (Phi) is 6.42. The third-order valence-electron chi connectivity index (χ3n) is 3.11. The topological polar surface area (TPSA) is 97.1 Å². The molecule has 0 aliphatic heterocycles. The van der Waals surface area contributed by atoms with Crippen LogP contribution in [0, 0.1) is 0 Å². The molecule has 134 valence electrons. The van der Waals surface area contributed by atoms with Gasteiger partial charge in [-0.15, -0.1) is 10.2 Å². The Hall–Kier alpha value is -2.17. The molecule has 2 heterocycles. The molecule has 1 aromatic carbocycles. The van der Waals surface area contributed by atoms with Gasteiger partial charge in [-0.05, 0) is 40.2 Å². The number of carbonyl (C=O) groups is 2. The quantitative estimate of drug-likeness (QED) is 0.420. The van der Waals surface area contributed by atoms with Crippen LogP contribution in [0.5, 0.6) is 0 Å². The molecule has 0 aliphatic rings. The van der Waals surface area contributed by atoms with E-state index in [1.54, 1.807) is 36.6 Å². The van der Waals surface area contributed by atoms with Gasteiger partial charge in [-0.1, -0.05) is 35.2 Å². The predicted molar refractivity (Wildman–Crippen MR) is 103 cm³/mol. The first-order valence-corrected chi connectivity index (χ1v) is 10.0. The Morgan fingerprint density at radius 2 is 2.04 bits per heavy atom. The molecule has 3 rings (SSSR count).